The number of aliphatic carboxylic acids is 2. The number of aliphatic hydroxyl groups is 2. The second-order valence-corrected chi connectivity index (χ2v) is 6.21. The first kappa shape index (κ1) is 27.6. The molecule has 0 aliphatic rings. The van der Waals surface area contributed by atoms with Crippen LogP contribution in [0, 0.1) is 0 Å². The third-order valence-corrected chi connectivity index (χ3v) is 2.81. The van der Waals surface area contributed by atoms with E-state index in [1.165, 1.54) is 27.7 Å². The van der Waals surface area contributed by atoms with Crippen LogP contribution in [0.15, 0.2) is 10.2 Å². The smallest absolute Gasteiger partial charge is 0.332 e. The molecule has 0 fully saturated rings. The summed E-state index contributed by atoms with van der Waals surface area (Å²) in [6, 6.07) is 0. The van der Waals surface area contributed by atoms with Gasteiger partial charge in [0.05, 0.1) is 52.9 Å². The van der Waals surface area contributed by atoms with Crippen molar-refractivity contribution >= 4 is 11.9 Å². The van der Waals surface area contributed by atoms with Crippen molar-refractivity contribution in [3.8, 4) is 0 Å². The Morgan fingerprint density at radius 2 is 0.926 bits per heavy atom. The Balaban J connectivity index is 0. The molecule has 4 N–H and O–H groups in total. The lowest BCUT2D eigenvalue weighted by molar-refractivity contribution is -0.144. The second kappa shape index (κ2) is 15.4. The van der Waals surface area contributed by atoms with E-state index in [1.54, 1.807) is 0 Å². The molecule has 160 valence electrons. The minimum atomic E-state index is -1.40. The van der Waals surface area contributed by atoms with Crippen LogP contribution in [0.5, 0.6) is 0 Å². The Morgan fingerprint density at radius 3 is 1.15 bits per heavy atom. The molecule has 0 unspecified atom stereocenters. The number of hydrogen-bond donors (Lipinski definition) is 4. The lowest BCUT2D eigenvalue weighted by Gasteiger charge is -2.16. The highest BCUT2D eigenvalue weighted by atomic mass is 16.5. The Bertz CT molecular complexity index is 402. The minimum absolute atomic E-state index is 0.0413. The van der Waals surface area contributed by atoms with Crippen molar-refractivity contribution < 1.29 is 44.2 Å². The molecule has 0 spiro atoms. The van der Waals surface area contributed by atoms with Crippen molar-refractivity contribution in [1.82, 2.24) is 0 Å². The summed E-state index contributed by atoms with van der Waals surface area (Å²) in [4.78, 5) is 21.2. The minimum Gasteiger partial charge on any atom is -0.479 e. The maximum Gasteiger partial charge on any atom is 0.332 e. The summed E-state index contributed by atoms with van der Waals surface area (Å²) in [5.41, 5.74) is -2.79. The molecule has 0 aromatic rings. The summed E-state index contributed by atoms with van der Waals surface area (Å²) >= 11 is 0. The van der Waals surface area contributed by atoms with Gasteiger partial charge in [0.15, 0.2) is 11.1 Å². The highest BCUT2D eigenvalue weighted by Crippen LogP contribution is 2.15. The molecule has 0 amide bonds. The first-order chi connectivity index (χ1) is 12.5. The summed E-state index contributed by atoms with van der Waals surface area (Å²) < 4.78 is 15.0. The number of nitrogens with zero attached hydrogens (tertiary/aromatic N) is 2. The molecule has 0 aromatic carbocycles. The molecule has 0 bridgehead atoms. The fourth-order valence-electron chi connectivity index (χ4n) is 1.01. The van der Waals surface area contributed by atoms with E-state index in [0.29, 0.717) is 39.6 Å². The highest BCUT2D eigenvalue weighted by Gasteiger charge is 2.31. The van der Waals surface area contributed by atoms with Crippen molar-refractivity contribution in [2.75, 3.05) is 52.9 Å². The Kier molecular flexibility index (Phi) is 15.7. The fourth-order valence-corrected chi connectivity index (χ4v) is 1.01. The maximum absolute atomic E-state index is 10.6. The SMILES string of the molecule is CC(C)(/N=N/C(C)(C)C(=O)O)C(=O)O.OCCOCCOCCOCCO. The van der Waals surface area contributed by atoms with Gasteiger partial charge in [-0.3, -0.25) is 0 Å². The van der Waals surface area contributed by atoms with Crippen molar-refractivity contribution in [3.63, 3.8) is 0 Å². The van der Waals surface area contributed by atoms with Crippen molar-refractivity contribution in [3.05, 3.63) is 0 Å². The van der Waals surface area contributed by atoms with Crippen LogP contribution < -0.4 is 0 Å². The van der Waals surface area contributed by atoms with Crippen LogP contribution in [0.4, 0.5) is 0 Å². The molecule has 11 nitrogen and oxygen atoms in total. The van der Waals surface area contributed by atoms with Gasteiger partial charge >= 0.3 is 11.9 Å². The average Bonchev–Trinajstić information content (AvgIpc) is 2.59. The van der Waals surface area contributed by atoms with E-state index in [-0.39, 0.29) is 13.2 Å². The van der Waals surface area contributed by atoms with Crippen molar-refractivity contribution in [2.24, 2.45) is 10.2 Å². The van der Waals surface area contributed by atoms with Crippen LogP contribution in [0.1, 0.15) is 27.7 Å². The Labute approximate surface area is 159 Å². The molecule has 0 aliphatic heterocycles. The zero-order chi connectivity index (χ0) is 21.3. The van der Waals surface area contributed by atoms with Gasteiger partial charge in [0.2, 0.25) is 0 Å². The van der Waals surface area contributed by atoms with Gasteiger partial charge in [0.25, 0.3) is 0 Å². The summed E-state index contributed by atoms with van der Waals surface area (Å²) in [6.45, 7) is 8.14. The molecule has 0 heterocycles. The van der Waals surface area contributed by atoms with E-state index >= 15 is 0 Å². The number of carboxylic acid groups (broad SMARTS) is 2. The molecule has 0 radical (unpaired) electrons. The number of ether oxygens (including phenoxy) is 3. The lowest BCUT2D eigenvalue weighted by Crippen LogP contribution is -2.32. The standard InChI is InChI=1S/C8H14N2O4.C8H18O5/c1-7(2,5(11)12)9-10-8(3,4)6(13)14;9-1-3-11-5-7-13-8-6-12-4-2-10/h1-4H3,(H,11,12)(H,13,14);9-10H,1-8H2/b10-9+;. The molecular formula is C16H32N2O9. The van der Waals surface area contributed by atoms with Gasteiger partial charge in [0.1, 0.15) is 0 Å². The second-order valence-electron chi connectivity index (χ2n) is 6.21. The predicted molar refractivity (Wildman–Crippen MR) is 94.9 cm³/mol. The van der Waals surface area contributed by atoms with Crippen LogP contribution in [-0.4, -0.2) is 96.3 Å². The molecule has 0 aliphatic carbocycles. The van der Waals surface area contributed by atoms with Gasteiger partial charge in [-0.1, -0.05) is 0 Å². The first-order valence-corrected chi connectivity index (χ1v) is 8.37. The lowest BCUT2D eigenvalue weighted by atomic mass is 10.1. The molecule has 0 saturated carbocycles. The van der Waals surface area contributed by atoms with E-state index in [4.69, 9.17) is 34.6 Å². The highest BCUT2D eigenvalue weighted by molar-refractivity contribution is 5.79. The zero-order valence-electron chi connectivity index (χ0n) is 16.4. The van der Waals surface area contributed by atoms with Crippen LogP contribution in [0.25, 0.3) is 0 Å². The zero-order valence-corrected chi connectivity index (χ0v) is 16.4. The van der Waals surface area contributed by atoms with Gasteiger partial charge in [-0.05, 0) is 27.7 Å². The number of azo groups is 1. The van der Waals surface area contributed by atoms with Crippen LogP contribution in [-0.2, 0) is 23.8 Å². The number of rotatable bonds is 14. The van der Waals surface area contributed by atoms with Gasteiger partial charge < -0.3 is 34.6 Å². The molecule has 0 rings (SSSR count). The number of hydrogen-bond acceptors (Lipinski definition) is 9. The summed E-state index contributed by atoms with van der Waals surface area (Å²) in [5, 5.41) is 41.1. The number of carboxylic acids is 2. The van der Waals surface area contributed by atoms with Gasteiger partial charge in [-0.15, -0.1) is 0 Å². The van der Waals surface area contributed by atoms with E-state index in [1.807, 2.05) is 0 Å². The van der Waals surface area contributed by atoms with E-state index in [9.17, 15) is 9.59 Å². The quantitative estimate of drug-likeness (QED) is 0.236. The monoisotopic (exact) mass is 396 g/mol. The summed E-state index contributed by atoms with van der Waals surface area (Å²) in [7, 11) is 0. The van der Waals surface area contributed by atoms with Crippen LogP contribution in [0.2, 0.25) is 0 Å². The Hall–Kier alpha value is -1.66. The van der Waals surface area contributed by atoms with Crippen LogP contribution in [0.3, 0.4) is 0 Å². The third kappa shape index (κ3) is 16.3. The fraction of sp³-hybridized carbons (Fsp3) is 0.875. The van der Waals surface area contributed by atoms with E-state index in [2.05, 4.69) is 10.2 Å². The Morgan fingerprint density at radius 1 is 0.667 bits per heavy atom. The van der Waals surface area contributed by atoms with Gasteiger partial charge in [-0.25, -0.2) is 9.59 Å². The molecular weight excluding hydrogens is 364 g/mol. The summed E-state index contributed by atoms with van der Waals surface area (Å²) in [5.74, 6) is -2.30. The topological polar surface area (TPSA) is 167 Å². The average molecular weight is 396 g/mol. The van der Waals surface area contributed by atoms with Crippen molar-refractivity contribution in [2.45, 2.75) is 38.8 Å². The predicted octanol–water partition coefficient (Wildman–Crippen LogP) is 0.186. The van der Waals surface area contributed by atoms with E-state index in [0.717, 1.165) is 0 Å². The number of aliphatic hydroxyl groups excluding tert-OH is 2. The molecule has 0 atom stereocenters. The van der Waals surface area contributed by atoms with Gasteiger partial charge in [-0.2, -0.15) is 10.2 Å². The first-order valence-electron chi connectivity index (χ1n) is 8.37. The van der Waals surface area contributed by atoms with E-state index < -0.39 is 23.0 Å². The summed E-state index contributed by atoms with van der Waals surface area (Å²) in [6.07, 6.45) is 0. The molecule has 0 saturated heterocycles. The molecule has 27 heavy (non-hydrogen) atoms. The maximum atomic E-state index is 10.6. The van der Waals surface area contributed by atoms with Gasteiger partial charge in [0, 0.05) is 0 Å². The van der Waals surface area contributed by atoms with Crippen LogP contribution >= 0.6 is 0 Å². The molecule has 0 aromatic heterocycles. The molecule has 11 heteroatoms. The van der Waals surface area contributed by atoms with Crippen molar-refractivity contribution in [1.29, 1.82) is 0 Å². The normalized spacial score (nSPS) is 11.9. The number of carbonyl (C=O) groups is 2. The largest absolute Gasteiger partial charge is 0.479 e. The third-order valence-electron chi connectivity index (χ3n) is 2.81.